The third kappa shape index (κ3) is 3.10. The molecule has 0 saturated carbocycles. The molecule has 7 nitrogen and oxygen atoms in total. The van der Waals surface area contributed by atoms with E-state index in [-0.39, 0.29) is 24.1 Å². The van der Waals surface area contributed by atoms with E-state index in [0.29, 0.717) is 16.9 Å². The number of nitrogens with zero attached hydrogens (tertiary/aromatic N) is 2. The van der Waals surface area contributed by atoms with Crippen molar-refractivity contribution in [2.75, 3.05) is 10.2 Å². The highest BCUT2D eigenvalue weighted by Crippen LogP contribution is 2.29. The summed E-state index contributed by atoms with van der Waals surface area (Å²) in [6, 6.07) is 10.3. The molecule has 0 bridgehead atoms. The van der Waals surface area contributed by atoms with Crippen molar-refractivity contribution in [1.82, 2.24) is 9.97 Å². The van der Waals surface area contributed by atoms with Crippen molar-refractivity contribution >= 4 is 46.2 Å². The van der Waals surface area contributed by atoms with E-state index in [4.69, 9.17) is 0 Å². The molecule has 1 aromatic carbocycles. The minimum absolute atomic E-state index is 0.0409. The summed E-state index contributed by atoms with van der Waals surface area (Å²) in [5, 5.41) is 3.54. The summed E-state index contributed by atoms with van der Waals surface area (Å²) in [4.78, 5) is 44.7. The lowest BCUT2D eigenvalue weighted by atomic mass is 10.1. The average molecular weight is 360 g/mol. The Balaban J connectivity index is 1.63. The van der Waals surface area contributed by atoms with E-state index in [1.54, 1.807) is 42.7 Å². The maximum Gasteiger partial charge on any atom is 0.261 e. The van der Waals surface area contributed by atoms with Crippen LogP contribution in [0.1, 0.15) is 18.9 Å². The Morgan fingerprint density at radius 1 is 1.22 bits per heavy atom. The van der Waals surface area contributed by atoms with Crippen LogP contribution in [-0.4, -0.2) is 27.7 Å². The van der Waals surface area contributed by atoms with Crippen molar-refractivity contribution in [1.29, 1.82) is 0 Å². The first-order valence-corrected chi connectivity index (χ1v) is 8.40. The normalized spacial score (nSPS) is 15.7. The van der Waals surface area contributed by atoms with Gasteiger partial charge in [-0.1, -0.05) is 0 Å². The molecule has 0 aliphatic carbocycles. The summed E-state index contributed by atoms with van der Waals surface area (Å²) >= 11 is 0. The van der Waals surface area contributed by atoms with E-state index in [1.807, 2.05) is 12.1 Å². The Morgan fingerprint density at radius 3 is 2.74 bits per heavy atom. The average Bonchev–Trinajstić information content (AvgIpc) is 3.17. The molecule has 4 rings (SSSR count). The molecular formula is C20H16N4O3. The number of H-pyrrole nitrogens is 1. The van der Waals surface area contributed by atoms with Crippen molar-refractivity contribution in [3.63, 3.8) is 0 Å². The lowest BCUT2D eigenvalue weighted by molar-refractivity contribution is -0.120. The van der Waals surface area contributed by atoms with Crippen LogP contribution >= 0.6 is 0 Å². The number of imide groups is 1. The minimum atomic E-state index is -0.342. The molecular weight excluding hydrogens is 344 g/mol. The molecule has 3 aromatic rings. The van der Waals surface area contributed by atoms with Gasteiger partial charge in [-0.15, -0.1) is 0 Å². The number of fused-ring (bicyclic) bond motifs is 1. The lowest BCUT2D eigenvalue weighted by Gasteiger charge is -2.14. The number of amides is 3. The fraction of sp³-hybridized carbons (Fsp3) is 0.100. The van der Waals surface area contributed by atoms with Crippen LogP contribution in [0.25, 0.3) is 17.1 Å². The third-order valence-corrected chi connectivity index (χ3v) is 4.33. The molecule has 3 amide bonds. The number of aromatic nitrogens is 2. The van der Waals surface area contributed by atoms with Gasteiger partial charge in [-0.3, -0.25) is 14.4 Å². The molecule has 7 heteroatoms. The van der Waals surface area contributed by atoms with Gasteiger partial charge >= 0.3 is 0 Å². The lowest BCUT2D eigenvalue weighted by Crippen LogP contribution is -2.28. The highest BCUT2D eigenvalue weighted by atomic mass is 16.2. The number of hydrogen-bond acceptors (Lipinski definition) is 4. The van der Waals surface area contributed by atoms with E-state index >= 15 is 0 Å². The monoisotopic (exact) mass is 360 g/mol. The molecule has 0 radical (unpaired) electrons. The Bertz CT molecular complexity index is 1100. The van der Waals surface area contributed by atoms with Gasteiger partial charge in [0, 0.05) is 41.5 Å². The SMILES string of the molecule is CC(=O)Nc1ccc(N2C(=O)CC(=Cc3c[nH]c4ncccc34)C2=O)cc1. The van der Waals surface area contributed by atoms with Crippen LogP contribution in [0.4, 0.5) is 11.4 Å². The molecule has 1 aliphatic heterocycles. The second kappa shape index (κ2) is 6.53. The fourth-order valence-electron chi connectivity index (χ4n) is 3.13. The summed E-state index contributed by atoms with van der Waals surface area (Å²) in [7, 11) is 0. The molecule has 134 valence electrons. The number of nitrogens with one attached hydrogen (secondary N) is 2. The van der Waals surface area contributed by atoms with Crippen LogP contribution < -0.4 is 10.2 Å². The van der Waals surface area contributed by atoms with E-state index in [0.717, 1.165) is 21.5 Å². The summed E-state index contributed by atoms with van der Waals surface area (Å²) in [6.45, 7) is 1.42. The predicted octanol–water partition coefficient (Wildman–Crippen LogP) is 2.87. The maximum atomic E-state index is 12.8. The van der Waals surface area contributed by atoms with Crippen LogP contribution in [0.2, 0.25) is 0 Å². The molecule has 3 heterocycles. The van der Waals surface area contributed by atoms with Crippen molar-refractivity contribution < 1.29 is 14.4 Å². The van der Waals surface area contributed by atoms with Gasteiger partial charge in [-0.25, -0.2) is 9.88 Å². The number of aromatic amines is 1. The number of benzene rings is 1. The summed E-state index contributed by atoms with van der Waals surface area (Å²) in [6.07, 6.45) is 5.23. The molecule has 0 unspecified atom stereocenters. The molecule has 2 N–H and O–H groups in total. The molecule has 1 saturated heterocycles. The van der Waals surface area contributed by atoms with Crippen LogP contribution in [-0.2, 0) is 14.4 Å². The van der Waals surface area contributed by atoms with Crippen molar-refractivity contribution in [3.8, 4) is 0 Å². The molecule has 0 spiro atoms. The fourth-order valence-corrected chi connectivity index (χ4v) is 3.13. The number of rotatable bonds is 3. The molecule has 1 aliphatic rings. The van der Waals surface area contributed by atoms with Crippen LogP contribution in [0.15, 0.2) is 54.4 Å². The van der Waals surface area contributed by atoms with Crippen molar-refractivity contribution in [3.05, 3.63) is 59.9 Å². The first kappa shape index (κ1) is 16.7. The Kier molecular flexibility index (Phi) is 4.04. The largest absolute Gasteiger partial charge is 0.346 e. The van der Waals surface area contributed by atoms with Gasteiger partial charge in [0.1, 0.15) is 5.65 Å². The Labute approximate surface area is 154 Å². The van der Waals surface area contributed by atoms with Gasteiger partial charge in [-0.2, -0.15) is 0 Å². The van der Waals surface area contributed by atoms with Crippen molar-refractivity contribution in [2.45, 2.75) is 13.3 Å². The maximum absolute atomic E-state index is 12.8. The summed E-state index contributed by atoms with van der Waals surface area (Å²) in [5.74, 6) is -0.809. The zero-order valence-electron chi connectivity index (χ0n) is 14.5. The summed E-state index contributed by atoms with van der Waals surface area (Å²) < 4.78 is 0. The van der Waals surface area contributed by atoms with Gasteiger partial charge in [0.05, 0.1) is 12.1 Å². The highest BCUT2D eigenvalue weighted by molar-refractivity contribution is 6.29. The summed E-state index contributed by atoms with van der Waals surface area (Å²) in [5.41, 5.74) is 3.05. The van der Waals surface area contributed by atoms with Gasteiger partial charge in [0.15, 0.2) is 0 Å². The second-order valence-corrected chi connectivity index (χ2v) is 6.25. The van der Waals surface area contributed by atoms with Gasteiger partial charge in [-0.05, 0) is 42.5 Å². The smallest absolute Gasteiger partial charge is 0.261 e. The number of hydrogen-bond donors (Lipinski definition) is 2. The minimum Gasteiger partial charge on any atom is -0.346 e. The first-order chi connectivity index (χ1) is 13.0. The molecule has 1 fully saturated rings. The van der Waals surface area contributed by atoms with Crippen molar-refractivity contribution in [2.24, 2.45) is 0 Å². The number of carbonyl (C=O) groups excluding carboxylic acids is 3. The first-order valence-electron chi connectivity index (χ1n) is 8.40. The molecule has 2 aromatic heterocycles. The Morgan fingerprint density at radius 2 is 2.00 bits per heavy atom. The third-order valence-electron chi connectivity index (χ3n) is 4.33. The zero-order chi connectivity index (χ0) is 19.0. The van der Waals surface area contributed by atoms with E-state index in [9.17, 15) is 14.4 Å². The molecule has 27 heavy (non-hydrogen) atoms. The van der Waals surface area contributed by atoms with Crippen LogP contribution in [0.5, 0.6) is 0 Å². The Hall–Kier alpha value is -3.74. The van der Waals surface area contributed by atoms with Gasteiger partial charge in [0.2, 0.25) is 11.8 Å². The zero-order valence-corrected chi connectivity index (χ0v) is 14.5. The van der Waals surface area contributed by atoms with E-state index < -0.39 is 0 Å². The van der Waals surface area contributed by atoms with Crippen LogP contribution in [0, 0.1) is 0 Å². The van der Waals surface area contributed by atoms with Gasteiger partial charge in [0.25, 0.3) is 5.91 Å². The number of carbonyl (C=O) groups is 3. The second-order valence-electron chi connectivity index (χ2n) is 6.25. The van der Waals surface area contributed by atoms with E-state index in [1.165, 1.54) is 6.92 Å². The predicted molar refractivity (Wildman–Crippen MR) is 102 cm³/mol. The standard InChI is InChI=1S/C20H16N4O3/c1-12(25)23-15-4-6-16(7-5-15)24-18(26)10-13(20(24)27)9-14-11-22-19-17(14)3-2-8-21-19/h2-9,11H,10H2,1H3,(H,21,22)(H,23,25). The number of anilines is 2. The van der Waals surface area contributed by atoms with Gasteiger partial charge < -0.3 is 10.3 Å². The quantitative estimate of drug-likeness (QED) is 0.555. The molecule has 0 atom stereocenters. The topological polar surface area (TPSA) is 95.2 Å². The van der Waals surface area contributed by atoms with E-state index in [2.05, 4.69) is 15.3 Å². The van der Waals surface area contributed by atoms with Crippen LogP contribution in [0.3, 0.4) is 0 Å². The highest BCUT2D eigenvalue weighted by Gasteiger charge is 2.35. The number of pyridine rings is 1.